The van der Waals surface area contributed by atoms with Crippen molar-refractivity contribution < 1.29 is 15.0 Å². The van der Waals surface area contributed by atoms with Crippen LogP contribution in [-0.4, -0.2) is 16.0 Å². The zero-order valence-electron chi connectivity index (χ0n) is 8.60. The molecule has 0 heterocycles. The molecule has 1 rings (SSSR count). The van der Waals surface area contributed by atoms with Crippen LogP contribution in [0, 0.1) is 0 Å². The van der Waals surface area contributed by atoms with Crippen molar-refractivity contribution in [3.8, 4) is 11.5 Å². The summed E-state index contributed by atoms with van der Waals surface area (Å²) in [6.07, 6.45) is 4.22. The Kier molecular flexibility index (Phi) is 3.92. The van der Waals surface area contributed by atoms with Crippen LogP contribution in [0.1, 0.15) is 25.3 Å². The van der Waals surface area contributed by atoms with E-state index in [4.69, 9.17) is 0 Å². The second kappa shape index (κ2) is 5.20. The number of hydrogen-bond acceptors (Lipinski definition) is 3. The van der Waals surface area contributed by atoms with Gasteiger partial charge >= 0.3 is 0 Å². The van der Waals surface area contributed by atoms with E-state index in [1.54, 1.807) is 12.1 Å². The van der Waals surface area contributed by atoms with Crippen LogP contribution in [0.4, 0.5) is 0 Å². The Hall–Kier alpha value is -1.77. The van der Waals surface area contributed by atoms with E-state index in [9.17, 15) is 15.0 Å². The number of phenolic OH excluding ortho intramolecular Hbond substituents is 2. The molecule has 0 bridgehead atoms. The number of allylic oxidation sites excluding steroid dienone is 1. The number of para-hydroxylation sites is 1. The molecule has 1 aromatic carbocycles. The van der Waals surface area contributed by atoms with Gasteiger partial charge in [-0.1, -0.05) is 19.1 Å². The van der Waals surface area contributed by atoms with Crippen molar-refractivity contribution in [2.75, 3.05) is 0 Å². The fourth-order valence-electron chi connectivity index (χ4n) is 1.20. The van der Waals surface area contributed by atoms with E-state index in [0.717, 1.165) is 6.42 Å². The normalized spacial score (nSPS) is 10.7. The van der Waals surface area contributed by atoms with Gasteiger partial charge in [0.15, 0.2) is 17.3 Å². The van der Waals surface area contributed by atoms with Crippen molar-refractivity contribution in [2.45, 2.75) is 19.8 Å². The summed E-state index contributed by atoms with van der Waals surface area (Å²) >= 11 is 0. The number of phenols is 2. The molecule has 0 aliphatic rings. The lowest BCUT2D eigenvalue weighted by molar-refractivity contribution is -0.114. The van der Waals surface area contributed by atoms with Crippen molar-refractivity contribution in [3.63, 3.8) is 0 Å². The molecule has 2 N–H and O–H groups in total. The van der Waals surface area contributed by atoms with E-state index < -0.39 is 0 Å². The lowest BCUT2D eigenvalue weighted by Gasteiger charge is -2.00. The van der Waals surface area contributed by atoms with E-state index >= 15 is 0 Å². The summed E-state index contributed by atoms with van der Waals surface area (Å²) in [5, 5.41) is 18.6. The third-order valence-electron chi connectivity index (χ3n) is 1.99. The molecule has 0 aliphatic heterocycles. The molecule has 0 saturated carbocycles. The van der Waals surface area contributed by atoms with E-state index in [2.05, 4.69) is 0 Å². The fraction of sp³-hybridized carbons (Fsp3) is 0.250. The largest absolute Gasteiger partial charge is 0.504 e. The zero-order chi connectivity index (χ0) is 11.3. The van der Waals surface area contributed by atoms with Gasteiger partial charge in [0.05, 0.1) is 0 Å². The Bertz CT molecular complexity index is 380. The van der Waals surface area contributed by atoms with E-state index in [1.807, 2.05) is 6.92 Å². The molecule has 0 radical (unpaired) electrons. The number of hydrogen-bond donors (Lipinski definition) is 2. The van der Waals surface area contributed by atoms with Gasteiger partial charge in [-0.15, -0.1) is 0 Å². The highest BCUT2D eigenvalue weighted by Gasteiger charge is 2.02. The van der Waals surface area contributed by atoms with Gasteiger partial charge in [0.2, 0.25) is 0 Å². The first-order valence-corrected chi connectivity index (χ1v) is 4.87. The molecule has 80 valence electrons. The van der Waals surface area contributed by atoms with Gasteiger partial charge in [-0.3, -0.25) is 4.79 Å². The maximum absolute atomic E-state index is 11.2. The summed E-state index contributed by atoms with van der Waals surface area (Å²) in [5.74, 6) is -0.363. The third kappa shape index (κ3) is 3.13. The average molecular weight is 206 g/mol. The van der Waals surface area contributed by atoms with Gasteiger partial charge in [-0.25, -0.2) is 0 Å². The Morgan fingerprint density at radius 2 is 2.13 bits per heavy atom. The van der Waals surface area contributed by atoms with Crippen molar-refractivity contribution >= 4 is 11.9 Å². The van der Waals surface area contributed by atoms with Crippen molar-refractivity contribution in [3.05, 3.63) is 29.8 Å². The SMILES string of the molecule is CCCC(=O)/C=C/c1cccc(O)c1O. The highest BCUT2D eigenvalue weighted by Crippen LogP contribution is 2.28. The van der Waals surface area contributed by atoms with Crippen LogP contribution in [0.15, 0.2) is 24.3 Å². The number of benzene rings is 1. The van der Waals surface area contributed by atoms with Crippen molar-refractivity contribution in [1.29, 1.82) is 0 Å². The lowest BCUT2D eigenvalue weighted by Crippen LogP contribution is -1.89. The summed E-state index contributed by atoms with van der Waals surface area (Å²) in [5.41, 5.74) is 0.444. The van der Waals surface area contributed by atoms with Gasteiger partial charge in [-0.05, 0) is 24.6 Å². The molecular weight excluding hydrogens is 192 g/mol. The molecule has 1 aromatic rings. The van der Waals surface area contributed by atoms with Gasteiger partial charge in [-0.2, -0.15) is 0 Å². The smallest absolute Gasteiger partial charge is 0.164 e. The Morgan fingerprint density at radius 3 is 2.80 bits per heavy atom. The molecule has 0 amide bonds. The third-order valence-corrected chi connectivity index (χ3v) is 1.99. The van der Waals surface area contributed by atoms with Gasteiger partial charge in [0, 0.05) is 12.0 Å². The van der Waals surface area contributed by atoms with Crippen LogP contribution in [-0.2, 0) is 4.79 Å². The maximum atomic E-state index is 11.2. The minimum Gasteiger partial charge on any atom is -0.504 e. The Morgan fingerprint density at radius 1 is 1.40 bits per heavy atom. The molecule has 0 aliphatic carbocycles. The number of carbonyl (C=O) groups is 1. The van der Waals surface area contributed by atoms with Crippen LogP contribution in [0.5, 0.6) is 11.5 Å². The quantitative estimate of drug-likeness (QED) is 0.587. The summed E-state index contributed by atoms with van der Waals surface area (Å²) < 4.78 is 0. The standard InChI is InChI=1S/C12H14O3/c1-2-4-10(13)8-7-9-5-3-6-11(14)12(9)15/h3,5-8,14-15H,2,4H2,1H3/b8-7+. The number of carbonyl (C=O) groups excluding carboxylic acids is 1. The average Bonchev–Trinajstić information content (AvgIpc) is 2.21. The first kappa shape index (κ1) is 11.3. The second-order valence-electron chi connectivity index (χ2n) is 3.26. The van der Waals surface area contributed by atoms with Gasteiger partial charge in [0.1, 0.15) is 0 Å². The zero-order valence-corrected chi connectivity index (χ0v) is 8.60. The predicted octanol–water partition coefficient (Wildman–Crippen LogP) is 2.48. The Labute approximate surface area is 88.7 Å². The van der Waals surface area contributed by atoms with Crippen LogP contribution >= 0.6 is 0 Å². The lowest BCUT2D eigenvalue weighted by atomic mass is 10.1. The van der Waals surface area contributed by atoms with Gasteiger partial charge < -0.3 is 10.2 Å². The van der Waals surface area contributed by atoms with Crippen LogP contribution < -0.4 is 0 Å². The second-order valence-corrected chi connectivity index (χ2v) is 3.26. The first-order chi connectivity index (χ1) is 7.15. The molecule has 0 spiro atoms. The maximum Gasteiger partial charge on any atom is 0.164 e. The van der Waals surface area contributed by atoms with E-state index in [0.29, 0.717) is 12.0 Å². The molecule has 3 heteroatoms. The molecule has 0 aromatic heterocycles. The van der Waals surface area contributed by atoms with Crippen LogP contribution in [0.2, 0.25) is 0 Å². The molecule has 15 heavy (non-hydrogen) atoms. The summed E-state index contributed by atoms with van der Waals surface area (Å²) in [4.78, 5) is 11.2. The van der Waals surface area contributed by atoms with Crippen molar-refractivity contribution in [1.82, 2.24) is 0 Å². The molecule has 0 atom stereocenters. The van der Waals surface area contributed by atoms with E-state index in [-0.39, 0.29) is 17.3 Å². The molecule has 0 fully saturated rings. The van der Waals surface area contributed by atoms with Crippen LogP contribution in [0.25, 0.3) is 6.08 Å². The topological polar surface area (TPSA) is 57.5 Å². The first-order valence-electron chi connectivity index (χ1n) is 4.87. The molecule has 0 saturated heterocycles. The summed E-state index contributed by atoms with van der Waals surface area (Å²) in [7, 11) is 0. The Balaban J connectivity index is 2.81. The van der Waals surface area contributed by atoms with Gasteiger partial charge in [0.25, 0.3) is 0 Å². The van der Waals surface area contributed by atoms with Crippen LogP contribution in [0.3, 0.4) is 0 Å². The molecule has 0 unspecified atom stereocenters. The highest BCUT2D eigenvalue weighted by molar-refractivity contribution is 5.93. The minimum absolute atomic E-state index is 0.0141. The molecular formula is C12H14O3. The minimum atomic E-state index is -0.196. The van der Waals surface area contributed by atoms with E-state index in [1.165, 1.54) is 18.2 Å². The number of rotatable bonds is 4. The highest BCUT2D eigenvalue weighted by atomic mass is 16.3. The summed E-state index contributed by atoms with van der Waals surface area (Å²) in [6, 6.07) is 4.63. The molecule has 3 nitrogen and oxygen atoms in total. The number of aromatic hydroxyl groups is 2. The van der Waals surface area contributed by atoms with Crippen molar-refractivity contribution in [2.24, 2.45) is 0 Å². The summed E-state index contributed by atoms with van der Waals surface area (Å²) in [6.45, 7) is 1.93. The number of ketones is 1. The fourth-order valence-corrected chi connectivity index (χ4v) is 1.20. The predicted molar refractivity (Wildman–Crippen MR) is 58.7 cm³/mol. The monoisotopic (exact) mass is 206 g/mol.